The number of hydrogen-bond acceptors (Lipinski definition) is 1. The van der Waals surface area contributed by atoms with Crippen LogP contribution in [0.3, 0.4) is 0 Å². The normalized spacial score (nSPS) is 37.5. The standard InChI is InChI=1S/C24H29N/c1-5-23-14-17(23)15-24(6-2)20-10-8-7-9-18(20)22(4,25-24)19-12-11-16(3)13-21(19)23/h7-13,17,25H,5-6,14-15H2,1-4H3/t17-,22+,23-,24+/m1/s1. The zero-order valence-electron chi connectivity index (χ0n) is 15.9. The van der Waals surface area contributed by atoms with E-state index in [2.05, 4.69) is 75.5 Å². The van der Waals surface area contributed by atoms with Gasteiger partial charge in [-0.15, -0.1) is 0 Å². The zero-order chi connectivity index (χ0) is 17.4. The van der Waals surface area contributed by atoms with E-state index in [-0.39, 0.29) is 11.1 Å². The van der Waals surface area contributed by atoms with E-state index in [0.717, 1.165) is 12.3 Å². The minimum absolute atomic E-state index is 0.0780. The van der Waals surface area contributed by atoms with Crippen LogP contribution in [0.15, 0.2) is 42.5 Å². The Balaban J connectivity index is 1.85. The van der Waals surface area contributed by atoms with Crippen molar-refractivity contribution in [1.29, 1.82) is 0 Å². The summed E-state index contributed by atoms with van der Waals surface area (Å²) in [7, 11) is 0. The minimum Gasteiger partial charge on any atom is -0.294 e. The van der Waals surface area contributed by atoms with Crippen molar-refractivity contribution in [2.45, 2.75) is 69.9 Å². The first-order valence-electron chi connectivity index (χ1n) is 10.00. The van der Waals surface area contributed by atoms with Crippen molar-refractivity contribution in [2.24, 2.45) is 5.92 Å². The molecule has 1 heteroatoms. The van der Waals surface area contributed by atoms with Crippen molar-refractivity contribution in [3.05, 3.63) is 70.3 Å². The van der Waals surface area contributed by atoms with Gasteiger partial charge in [0.25, 0.3) is 0 Å². The predicted molar refractivity (Wildman–Crippen MR) is 104 cm³/mol. The van der Waals surface area contributed by atoms with Crippen molar-refractivity contribution in [3.63, 3.8) is 0 Å². The van der Waals surface area contributed by atoms with Crippen molar-refractivity contribution < 1.29 is 0 Å². The van der Waals surface area contributed by atoms with Gasteiger partial charge in [0.05, 0.1) is 5.54 Å². The Kier molecular flexibility index (Phi) is 2.98. The fourth-order valence-corrected chi connectivity index (χ4v) is 6.27. The van der Waals surface area contributed by atoms with E-state index in [1.54, 1.807) is 11.1 Å². The van der Waals surface area contributed by atoms with Gasteiger partial charge in [0, 0.05) is 5.54 Å². The second-order valence-electron chi connectivity index (χ2n) is 8.90. The summed E-state index contributed by atoms with van der Waals surface area (Å²) in [4.78, 5) is 0. The van der Waals surface area contributed by atoms with Crippen molar-refractivity contribution in [1.82, 2.24) is 5.32 Å². The average molecular weight is 332 g/mol. The maximum atomic E-state index is 4.17. The number of rotatable bonds is 2. The molecule has 2 heterocycles. The molecular formula is C24H29N. The fraction of sp³-hybridized carbons (Fsp3) is 0.500. The SMILES string of the molecule is CC[C@@]12C[C@H]3C[C@@]3(CC)c3cc(C)ccc3[C@@](C)(N1)c1ccccc12. The molecule has 0 spiro atoms. The monoisotopic (exact) mass is 331 g/mol. The van der Waals surface area contributed by atoms with E-state index in [4.69, 9.17) is 0 Å². The molecule has 3 aliphatic rings. The lowest BCUT2D eigenvalue weighted by Crippen LogP contribution is -2.48. The molecule has 2 bridgehead atoms. The summed E-state index contributed by atoms with van der Waals surface area (Å²) >= 11 is 0. The van der Waals surface area contributed by atoms with Gasteiger partial charge in [-0.2, -0.15) is 0 Å². The Bertz CT molecular complexity index is 868. The molecule has 1 fully saturated rings. The Morgan fingerprint density at radius 1 is 0.920 bits per heavy atom. The molecule has 2 aromatic rings. The van der Waals surface area contributed by atoms with Gasteiger partial charge in [-0.25, -0.2) is 0 Å². The van der Waals surface area contributed by atoms with E-state index in [1.807, 2.05) is 0 Å². The topological polar surface area (TPSA) is 12.0 Å². The quantitative estimate of drug-likeness (QED) is 0.762. The van der Waals surface area contributed by atoms with E-state index in [1.165, 1.54) is 36.0 Å². The Morgan fingerprint density at radius 3 is 2.36 bits per heavy atom. The Labute approximate surface area is 151 Å². The molecule has 0 aromatic heterocycles. The zero-order valence-corrected chi connectivity index (χ0v) is 15.9. The Morgan fingerprint density at radius 2 is 1.64 bits per heavy atom. The van der Waals surface area contributed by atoms with E-state index in [9.17, 15) is 0 Å². The summed E-state index contributed by atoms with van der Waals surface area (Å²) in [6, 6.07) is 16.4. The highest BCUT2D eigenvalue weighted by Crippen LogP contribution is 2.66. The molecule has 0 unspecified atom stereocenters. The highest BCUT2D eigenvalue weighted by molar-refractivity contribution is 5.57. The third-order valence-electron chi connectivity index (χ3n) is 7.78. The minimum atomic E-state index is -0.0780. The molecule has 2 aromatic carbocycles. The van der Waals surface area contributed by atoms with Crippen LogP contribution in [0.5, 0.6) is 0 Å². The molecule has 4 atom stereocenters. The van der Waals surface area contributed by atoms with Crippen LogP contribution in [0, 0.1) is 12.8 Å². The first-order valence-corrected chi connectivity index (χ1v) is 10.00. The molecule has 5 rings (SSSR count). The van der Waals surface area contributed by atoms with Gasteiger partial charge >= 0.3 is 0 Å². The lowest BCUT2D eigenvalue weighted by Gasteiger charge is -2.40. The average Bonchev–Trinajstić information content (AvgIpc) is 3.26. The van der Waals surface area contributed by atoms with Gasteiger partial charge in [0.15, 0.2) is 0 Å². The van der Waals surface area contributed by atoms with Crippen molar-refractivity contribution >= 4 is 0 Å². The second-order valence-corrected chi connectivity index (χ2v) is 8.90. The third kappa shape index (κ3) is 1.78. The number of nitrogens with one attached hydrogen (secondary N) is 1. The molecule has 2 aliphatic heterocycles. The molecule has 130 valence electrons. The Hall–Kier alpha value is -1.60. The van der Waals surface area contributed by atoms with E-state index < -0.39 is 0 Å². The maximum absolute atomic E-state index is 4.17. The highest BCUT2D eigenvalue weighted by atomic mass is 15.1. The summed E-state index contributed by atoms with van der Waals surface area (Å²) < 4.78 is 0. The van der Waals surface area contributed by atoms with Crippen LogP contribution in [0.25, 0.3) is 0 Å². The first kappa shape index (κ1) is 15.6. The lowest BCUT2D eigenvalue weighted by molar-refractivity contribution is 0.234. The van der Waals surface area contributed by atoms with Crippen LogP contribution in [0.1, 0.15) is 74.3 Å². The van der Waals surface area contributed by atoms with E-state index in [0.29, 0.717) is 5.41 Å². The third-order valence-corrected chi connectivity index (χ3v) is 7.78. The van der Waals surface area contributed by atoms with Crippen LogP contribution in [-0.2, 0) is 16.5 Å². The summed E-state index contributed by atoms with van der Waals surface area (Å²) in [6.45, 7) is 9.43. The smallest absolute Gasteiger partial charge is 0.0675 e. The molecule has 0 radical (unpaired) electrons. The molecule has 0 amide bonds. The highest BCUT2D eigenvalue weighted by Gasteiger charge is 2.62. The molecule has 1 saturated carbocycles. The number of hydrogen-bond donors (Lipinski definition) is 1. The number of aryl methyl sites for hydroxylation is 1. The van der Waals surface area contributed by atoms with Crippen molar-refractivity contribution in [3.8, 4) is 0 Å². The summed E-state index contributed by atoms with van der Waals surface area (Å²) in [6.07, 6.45) is 5.07. The molecule has 1 aliphatic carbocycles. The van der Waals surface area contributed by atoms with Gasteiger partial charge in [-0.05, 0) is 73.1 Å². The molecule has 25 heavy (non-hydrogen) atoms. The van der Waals surface area contributed by atoms with Crippen molar-refractivity contribution in [2.75, 3.05) is 0 Å². The van der Waals surface area contributed by atoms with Crippen LogP contribution in [0.2, 0.25) is 0 Å². The van der Waals surface area contributed by atoms with Crippen LogP contribution in [0.4, 0.5) is 0 Å². The van der Waals surface area contributed by atoms with Gasteiger partial charge in [0.1, 0.15) is 0 Å². The van der Waals surface area contributed by atoms with Gasteiger partial charge in [-0.3, -0.25) is 5.32 Å². The lowest BCUT2D eigenvalue weighted by atomic mass is 9.75. The molecule has 1 N–H and O–H groups in total. The van der Waals surface area contributed by atoms with Gasteiger partial charge in [-0.1, -0.05) is 61.9 Å². The molecule has 1 nitrogen and oxygen atoms in total. The van der Waals surface area contributed by atoms with Crippen LogP contribution < -0.4 is 5.32 Å². The second kappa shape index (κ2) is 4.76. The first-order chi connectivity index (χ1) is 12.0. The number of benzene rings is 2. The summed E-state index contributed by atoms with van der Waals surface area (Å²) in [5.41, 5.74) is 8.05. The maximum Gasteiger partial charge on any atom is 0.0675 e. The van der Waals surface area contributed by atoms with Gasteiger partial charge < -0.3 is 0 Å². The summed E-state index contributed by atoms with van der Waals surface area (Å²) in [5.74, 6) is 0.807. The number of fused-ring (bicyclic) bond motifs is 9. The van der Waals surface area contributed by atoms with Gasteiger partial charge in [0.2, 0.25) is 0 Å². The van der Waals surface area contributed by atoms with Crippen LogP contribution >= 0.6 is 0 Å². The predicted octanol–water partition coefficient (Wildman–Crippen LogP) is 5.54. The fourth-order valence-electron chi connectivity index (χ4n) is 6.27. The van der Waals surface area contributed by atoms with Crippen LogP contribution in [-0.4, -0.2) is 0 Å². The molecular weight excluding hydrogens is 302 g/mol. The summed E-state index contributed by atoms with van der Waals surface area (Å²) in [5, 5.41) is 4.17. The molecule has 0 saturated heterocycles. The largest absolute Gasteiger partial charge is 0.294 e. The van der Waals surface area contributed by atoms with E-state index >= 15 is 0 Å².